The van der Waals surface area contributed by atoms with E-state index in [0.29, 0.717) is 12.3 Å². The SMILES string of the molecule is NC(=O)CCC1CCCN(C(=O)c2sccc2Br)C1. The molecule has 0 aliphatic carbocycles. The first-order valence-corrected chi connectivity index (χ1v) is 8.05. The van der Waals surface area contributed by atoms with Gasteiger partial charge in [-0.15, -0.1) is 11.3 Å². The summed E-state index contributed by atoms with van der Waals surface area (Å²) in [5.41, 5.74) is 5.18. The third-order valence-corrected chi connectivity index (χ3v) is 5.24. The first kappa shape index (κ1) is 14.5. The number of piperidine rings is 1. The van der Waals surface area contributed by atoms with Crippen molar-refractivity contribution in [1.29, 1.82) is 0 Å². The lowest BCUT2D eigenvalue weighted by atomic mass is 9.93. The Morgan fingerprint density at radius 2 is 2.32 bits per heavy atom. The minimum atomic E-state index is -0.260. The van der Waals surface area contributed by atoms with Crippen molar-refractivity contribution in [3.63, 3.8) is 0 Å². The summed E-state index contributed by atoms with van der Waals surface area (Å²) < 4.78 is 0.863. The van der Waals surface area contributed by atoms with Gasteiger partial charge in [-0.3, -0.25) is 9.59 Å². The molecular formula is C13H17BrN2O2S. The van der Waals surface area contributed by atoms with E-state index in [1.54, 1.807) is 0 Å². The topological polar surface area (TPSA) is 63.4 Å². The molecular weight excluding hydrogens is 328 g/mol. The summed E-state index contributed by atoms with van der Waals surface area (Å²) in [7, 11) is 0. The molecule has 1 saturated heterocycles. The van der Waals surface area contributed by atoms with Crippen molar-refractivity contribution >= 4 is 39.1 Å². The number of nitrogens with zero attached hydrogens (tertiary/aromatic N) is 1. The number of carbonyl (C=O) groups is 2. The number of thiophene rings is 1. The standard InChI is InChI=1S/C13H17BrN2O2S/c14-10-5-7-19-12(10)13(18)16-6-1-2-9(8-16)3-4-11(15)17/h5,7,9H,1-4,6,8H2,(H2,15,17). The van der Waals surface area contributed by atoms with Gasteiger partial charge >= 0.3 is 0 Å². The van der Waals surface area contributed by atoms with Crippen LogP contribution in [0.5, 0.6) is 0 Å². The summed E-state index contributed by atoms with van der Waals surface area (Å²) >= 11 is 4.86. The molecule has 2 N–H and O–H groups in total. The van der Waals surface area contributed by atoms with Gasteiger partial charge in [0.15, 0.2) is 0 Å². The number of carbonyl (C=O) groups excluding carboxylic acids is 2. The van der Waals surface area contributed by atoms with Gasteiger partial charge in [-0.25, -0.2) is 0 Å². The summed E-state index contributed by atoms with van der Waals surface area (Å²) in [6, 6.07) is 1.90. The molecule has 1 aromatic heterocycles. The van der Waals surface area contributed by atoms with Crippen molar-refractivity contribution in [3.05, 3.63) is 20.8 Å². The highest BCUT2D eigenvalue weighted by atomic mass is 79.9. The molecule has 1 unspecified atom stereocenters. The minimum absolute atomic E-state index is 0.0886. The van der Waals surface area contributed by atoms with Crippen LogP contribution in [0, 0.1) is 5.92 Å². The van der Waals surface area contributed by atoms with E-state index >= 15 is 0 Å². The molecule has 1 aliphatic heterocycles. The van der Waals surface area contributed by atoms with E-state index in [1.165, 1.54) is 11.3 Å². The van der Waals surface area contributed by atoms with E-state index in [2.05, 4.69) is 15.9 Å². The van der Waals surface area contributed by atoms with Crippen molar-refractivity contribution in [2.45, 2.75) is 25.7 Å². The van der Waals surface area contributed by atoms with Gasteiger partial charge in [-0.1, -0.05) is 0 Å². The fourth-order valence-electron chi connectivity index (χ4n) is 2.42. The highest BCUT2D eigenvalue weighted by Gasteiger charge is 2.26. The van der Waals surface area contributed by atoms with E-state index in [-0.39, 0.29) is 11.8 Å². The number of hydrogen-bond donors (Lipinski definition) is 1. The van der Waals surface area contributed by atoms with Crippen molar-refractivity contribution in [2.75, 3.05) is 13.1 Å². The van der Waals surface area contributed by atoms with E-state index in [4.69, 9.17) is 5.73 Å². The van der Waals surface area contributed by atoms with Crippen molar-refractivity contribution < 1.29 is 9.59 Å². The number of hydrogen-bond acceptors (Lipinski definition) is 3. The van der Waals surface area contributed by atoms with Crippen LogP contribution in [0.25, 0.3) is 0 Å². The van der Waals surface area contributed by atoms with Crippen LogP contribution >= 0.6 is 27.3 Å². The largest absolute Gasteiger partial charge is 0.370 e. The summed E-state index contributed by atoms with van der Waals surface area (Å²) in [5.74, 6) is 0.221. The van der Waals surface area contributed by atoms with Gasteiger partial charge in [-0.05, 0) is 52.6 Å². The van der Waals surface area contributed by atoms with Gasteiger partial charge in [0.25, 0.3) is 5.91 Å². The third-order valence-electron chi connectivity index (χ3n) is 3.42. The number of nitrogens with two attached hydrogens (primary N) is 1. The van der Waals surface area contributed by atoms with E-state index in [0.717, 1.165) is 41.7 Å². The Kier molecular flexibility index (Phi) is 4.99. The summed E-state index contributed by atoms with van der Waals surface area (Å²) in [6.07, 6.45) is 3.26. The van der Waals surface area contributed by atoms with Gasteiger partial charge in [-0.2, -0.15) is 0 Å². The lowest BCUT2D eigenvalue weighted by Gasteiger charge is -2.32. The fourth-order valence-corrected chi connectivity index (χ4v) is 3.93. The van der Waals surface area contributed by atoms with E-state index in [1.807, 2.05) is 16.3 Å². The lowest BCUT2D eigenvalue weighted by molar-refractivity contribution is -0.118. The summed E-state index contributed by atoms with van der Waals surface area (Å²) in [5, 5.41) is 1.91. The van der Waals surface area contributed by atoms with Crippen LogP contribution in [-0.2, 0) is 4.79 Å². The van der Waals surface area contributed by atoms with E-state index in [9.17, 15) is 9.59 Å². The quantitative estimate of drug-likeness (QED) is 0.912. The second kappa shape index (κ2) is 6.52. The van der Waals surface area contributed by atoms with Crippen molar-refractivity contribution in [3.8, 4) is 0 Å². The molecule has 19 heavy (non-hydrogen) atoms. The van der Waals surface area contributed by atoms with Gasteiger partial charge < -0.3 is 10.6 Å². The maximum Gasteiger partial charge on any atom is 0.265 e. The highest BCUT2D eigenvalue weighted by Crippen LogP contribution is 2.27. The molecule has 0 spiro atoms. The summed E-state index contributed by atoms with van der Waals surface area (Å²) in [6.45, 7) is 1.53. The number of likely N-dealkylation sites (tertiary alicyclic amines) is 1. The molecule has 2 heterocycles. The molecule has 104 valence electrons. The monoisotopic (exact) mass is 344 g/mol. The van der Waals surface area contributed by atoms with Crippen molar-refractivity contribution in [2.24, 2.45) is 11.7 Å². The minimum Gasteiger partial charge on any atom is -0.370 e. The molecule has 2 amide bonds. The Labute approximate surface area is 125 Å². The fraction of sp³-hybridized carbons (Fsp3) is 0.538. The Bertz CT molecular complexity index is 475. The predicted octanol–water partition coefficient (Wildman–Crippen LogP) is 2.63. The molecule has 0 bridgehead atoms. The first-order valence-electron chi connectivity index (χ1n) is 6.38. The first-order chi connectivity index (χ1) is 9.08. The molecule has 6 heteroatoms. The predicted molar refractivity (Wildman–Crippen MR) is 79.1 cm³/mol. The van der Waals surface area contributed by atoms with Crippen molar-refractivity contribution in [1.82, 2.24) is 4.90 Å². The zero-order valence-electron chi connectivity index (χ0n) is 10.6. The number of primary amides is 1. The van der Waals surface area contributed by atoms with Crippen LogP contribution in [0.4, 0.5) is 0 Å². The number of rotatable bonds is 4. The maximum absolute atomic E-state index is 12.4. The molecule has 4 nitrogen and oxygen atoms in total. The van der Waals surface area contributed by atoms with Gasteiger partial charge in [0.1, 0.15) is 4.88 Å². The lowest BCUT2D eigenvalue weighted by Crippen LogP contribution is -2.40. The van der Waals surface area contributed by atoms with Gasteiger partial charge in [0.2, 0.25) is 5.91 Å². The Balaban J connectivity index is 1.95. The highest BCUT2D eigenvalue weighted by molar-refractivity contribution is 9.10. The second-order valence-corrected chi connectivity index (χ2v) is 6.63. The molecule has 2 rings (SSSR count). The molecule has 1 fully saturated rings. The number of amides is 2. The van der Waals surface area contributed by atoms with Gasteiger partial charge in [0.05, 0.1) is 0 Å². The van der Waals surface area contributed by atoms with Crippen LogP contribution < -0.4 is 5.73 Å². The third kappa shape index (κ3) is 3.79. The van der Waals surface area contributed by atoms with E-state index < -0.39 is 0 Å². The molecule has 0 radical (unpaired) electrons. The zero-order chi connectivity index (χ0) is 13.8. The van der Waals surface area contributed by atoms with Crippen LogP contribution in [0.1, 0.15) is 35.4 Å². The van der Waals surface area contributed by atoms with Crippen LogP contribution in [0.2, 0.25) is 0 Å². The molecule has 1 aromatic rings. The average molecular weight is 345 g/mol. The Morgan fingerprint density at radius 3 is 2.95 bits per heavy atom. The zero-order valence-corrected chi connectivity index (χ0v) is 13.0. The van der Waals surface area contributed by atoms with Gasteiger partial charge in [0, 0.05) is 24.0 Å². The Morgan fingerprint density at radius 1 is 1.53 bits per heavy atom. The Hall–Kier alpha value is -0.880. The molecule has 0 saturated carbocycles. The second-order valence-electron chi connectivity index (χ2n) is 4.86. The van der Waals surface area contributed by atoms with Crippen LogP contribution in [-0.4, -0.2) is 29.8 Å². The van der Waals surface area contributed by atoms with Crippen LogP contribution in [0.3, 0.4) is 0 Å². The van der Waals surface area contributed by atoms with Crippen LogP contribution in [0.15, 0.2) is 15.9 Å². The molecule has 1 atom stereocenters. The normalized spacial score (nSPS) is 19.4. The molecule has 1 aliphatic rings. The maximum atomic E-state index is 12.4. The summed E-state index contributed by atoms with van der Waals surface area (Å²) in [4.78, 5) is 25.9. The smallest absolute Gasteiger partial charge is 0.265 e. The number of halogens is 1. The average Bonchev–Trinajstić information content (AvgIpc) is 2.82. The molecule has 0 aromatic carbocycles.